The molecule has 0 saturated carbocycles. The normalized spacial score (nSPS) is 10.5. The van der Waals surface area contributed by atoms with Crippen LogP contribution in [0.3, 0.4) is 0 Å². The summed E-state index contributed by atoms with van der Waals surface area (Å²) in [7, 11) is 0. The molecule has 0 unspecified atom stereocenters. The lowest BCUT2D eigenvalue weighted by molar-refractivity contribution is 0.0514. The summed E-state index contributed by atoms with van der Waals surface area (Å²) in [4.78, 5) is 20.3. The van der Waals surface area contributed by atoms with E-state index in [1.807, 2.05) is 0 Å². The lowest BCUT2D eigenvalue weighted by Gasteiger charge is -2.08. The standard InChI is InChI=1S/C13H19ClN2O2S/c1-3-5-6-7-8-9-15-10(13(17)18-4-2)11(19)12(14)16-9/h19H,3-8H2,1-2H3. The zero-order valence-corrected chi connectivity index (χ0v) is 12.9. The Hall–Kier alpha value is -0.810. The summed E-state index contributed by atoms with van der Waals surface area (Å²) in [5.41, 5.74) is 0.149. The van der Waals surface area contributed by atoms with Crippen LogP contribution in [0.15, 0.2) is 4.90 Å². The number of nitrogens with zero attached hydrogens (tertiary/aromatic N) is 2. The SMILES string of the molecule is CCCCCCc1nc(Cl)c(S)c(C(=O)OCC)n1. The van der Waals surface area contributed by atoms with E-state index in [1.165, 1.54) is 12.8 Å². The second-order valence-corrected chi connectivity index (χ2v) is 4.96. The first-order valence-corrected chi connectivity index (χ1v) is 7.35. The third-order valence-corrected chi connectivity index (χ3v) is 3.44. The van der Waals surface area contributed by atoms with Crippen LogP contribution in [0, 0.1) is 0 Å². The van der Waals surface area contributed by atoms with Gasteiger partial charge in [-0.25, -0.2) is 14.8 Å². The molecule has 0 aliphatic heterocycles. The van der Waals surface area contributed by atoms with Gasteiger partial charge in [-0.1, -0.05) is 37.8 Å². The topological polar surface area (TPSA) is 52.1 Å². The highest BCUT2D eigenvalue weighted by atomic mass is 35.5. The second kappa shape index (κ2) is 8.38. The number of esters is 1. The minimum Gasteiger partial charge on any atom is -0.461 e. The molecule has 0 aliphatic rings. The number of aryl methyl sites for hydroxylation is 1. The third kappa shape index (κ3) is 4.99. The molecule has 0 radical (unpaired) electrons. The smallest absolute Gasteiger partial charge is 0.358 e. The fourth-order valence-electron chi connectivity index (χ4n) is 1.63. The lowest BCUT2D eigenvalue weighted by atomic mass is 10.1. The van der Waals surface area contributed by atoms with E-state index in [0.717, 1.165) is 12.8 Å². The minimum atomic E-state index is -0.508. The molecule has 0 N–H and O–H groups in total. The molecule has 0 fully saturated rings. The fraction of sp³-hybridized carbons (Fsp3) is 0.615. The molecule has 0 atom stereocenters. The summed E-state index contributed by atoms with van der Waals surface area (Å²) in [5.74, 6) is 0.0635. The molecule has 6 heteroatoms. The molecule has 19 heavy (non-hydrogen) atoms. The van der Waals surface area contributed by atoms with Gasteiger partial charge in [0.15, 0.2) is 5.69 Å². The number of thiol groups is 1. The number of halogens is 1. The molecule has 0 spiro atoms. The second-order valence-electron chi connectivity index (χ2n) is 4.16. The van der Waals surface area contributed by atoms with Gasteiger partial charge < -0.3 is 4.74 Å². The number of carbonyl (C=O) groups excluding carboxylic acids is 1. The van der Waals surface area contributed by atoms with Gasteiger partial charge in [-0.15, -0.1) is 12.6 Å². The van der Waals surface area contributed by atoms with Crippen LogP contribution < -0.4 is 0 Å². The van der Waals surface area contributed by atoms with Crippen molar-refractivity contribution in [1.82, 2.24) is 9.97 Å². The van der Waals surface area contributed by atoms with Crippen molar-refractivity contribution in [1.29, 1.82) is 0 Å². The summed E-state index contributed by atoms with van der Waals surface area (Å²) in [6.45, 7) is 4.19. The molecule has 106 valence electrons. The summed E-state index contributed by atoms with van der Waals surface area (Å²) >= 11 is 10.1. The first kappa shape index (κ1) is 16.2. The third-order valence-electron chi connectivity index (χ3n) is 2.61. The van der Waals surface area contributed by atoms with Crippen LogP contribution in [-0.4, -0.2) is 22.5 Å². The maximum Gasteiger partial charge on any atom is 0.358 e. The summed E-state index contributed by atoms with van der Waals surface area (Å²) in [6, 6.07) is 0. The van der Waals surface area contributed by atoms with Gasteiger partial charge in [0.25, 0.3) is 0 Å². The maximum atomic E-state index is 11.7. The maximum absolute atomic E-state index is 11.7. The molecule has 4 nitrogen and oxygen atoms in total. The zero-order chi connectivity index (χ0) is 14.3. The Morgan fingerprint density at radius 2 is 2.00 bits per heavy atom. The van der Waals surface area contributed by atoms with Gasteiger partial charge in [0, 0.05) is 6.42 Å². The van der Waals surface area contributed by atoms with Gasteiger partial charge in [0.05, 0.1) is 11.5 Å². The quantitative estimate of drug-likeness (QED) is 0.361. The molecule has 0 aromatic carbocycles. The van der Waals surface area contributed by atoms with E-state index < -0.39 is 5.97 Å². The largest absolute Gasteiger partial charge is 0.461 e. The van der Waals surface area contributed by atoms with Crippen LogP contribution in [0.4, 0.5) is 0 Å². The molecule has 1 aromatic heterocycles. The van der Waals surface area contributed by atoms with Gasteiger partial charge in [-0.05, 0) is 13.3 Å². The van der Waals surface area contributed by atoms with E-state index in [9.17, 15) is 4.79 Å². The van der Waals surface area contributed by atoms with Gasteiger partial charge >= 0.3 is 5.97 Å². The Morgan fingerprint density at radius 3 is 2.63 bits per heavy atom. The van der Waals surface area contributed by atoms with Crippen LogP contribution in [-0.2, 0) is 11.2 Å². The Bertz CT molecular complexity index is 441. The van der Waals surface area contributed by atoms with Crippen molar-refractivity contribution < 1.29 is 9.53 Å². The summed E-state index contributed by atoms with van der Waals surface area (Å²) < 4.78 is 4.93. The predicted molar refractivity (Wildman–Crippen MR) is 78.1 cm³/mol. The van der Waals surface area contributed by atoms with Crippen molar-refractivity contribution in [2.24, 2.45) is 0 Å². The van der Waals surface area contributed by atoms with Crippen LogP contribution in [0.1, 0.15) is 55.8 Å². The van der Waals surface area contributed by atoms with Gasteiger partial charge in [0.2, 0.25) is 0 Å². The number of hydrogen-bond donors (Lipinski definition) is 1. The number of hydrogen-bond acceptors (Lipinski definition) is 5. The molecular formula is C13H19ClN2O2S. The lowest BCUT2D eigenvalue weighted by Crippen LogP contribution is -2.11. The zero-order valence-electron chi connectivity index (χ0n) is 11.3. The van der Waals surface area contributed by atoms with Crippen LogP contribution in [0.25, 0.3) is 0 Å². The van der Waals surface area contributed by atoms with Gasteiger partial charge in [-0.2, -0.15) is 0 Å². The van der Waals surface area contributed by atoms with E-state index in [-0.39, 0.29) is 15.7 Å². The van der Waals surface area contributed by atoms with E-state index in [4.69, 9.17) is 16.3 Å². The van der Waals surface area contributed by atoms with E-state index in [1.54, 1.807) is 6.92 Å². The first-order valence-electron chi connectivity index (χ1n) is 6.52. The number of unbranched alkanes of at least 4 members (excludes halogenated alkanes) is 3. The number of rotatable bonds is 7. The number of ether oxygens (including phenoxy) is 1. The molecule has 1 aromatic rings. The van der Waals surface area contributed by atoms with Crippen molar-refractivity contribution in [3.8, 4) is 0 Å². The fourth-order valence-corrected chi connectivity index (χ4v) is 2.01. The van der Waals surface area contributed by atoms with Crippen LogP contribution in [0.2, 0.25) is 5.15 Å². The number of aromatic nitrogens is 2. The van der Waals surface area contributed by atoms with Gasteiger partial charge in [-0.3, -0.25) is 0 Å². The van der Waals surface area contributed by atoms with Crippen LogP contribution >= 0.6 is 24.2 Å². The van der Waals surface area contributed by atoms with Crippen molar-refractivity contribution in [3.63, 3.8) is 0 Å². The van der Waals surface area contributed by atoms with Crippen molar-refractivity contribution in [2.75, 3.05) is 6.61 Å². The average molecular weight is 303 g/mol. The monoisotopic (exact) mass is 302 g/mol. The molecule has 0 amide bonds. The van der Waals surface area contributed by atoms with Crippen molar-refractivity contribution in [3.05, 3.63) is 16.7 Å². The number of carbonyl (C=O) groups is 1. The summed E-state index contributed by atoms with van der Waals surface area (Å²) in [6.07, 6.45) is 5.17. The molecule has 0 saturated heterocycles. The van der Waals surface area contributed by atoms with Gasteiger partial charge in [0.1, 0.15) is 11.0 Å². The molecule has 0 bridgehead atoms. The van der Waals surface area contributed by atoms with E-state index >= 15 is 0 Å². The first-order chi connectivity index (χ1) is 9.10. The molecular weight excluding hydrogens is 284 g/mol. The van der Waals surface area contributed by atoms with E-state index in [2.05, 4.69) is 29.5 Å². The molecule has 1 rings (SSSR count). The van der Waals surface area contributed by atoms with Crippen molar-refractivity contribution >= 4 is 30.2 Å². The molecule has 0 aliphatic carbocycles. The highest BCUT2D eigenvalue weighted by Crippen LogP contribution is 2.22. The highest BCUT2D eigenvalue weighted by Gasteiger charge is 2.17. The Kier molecular flexibility index (Phi) is 7.16. The Labute approximate surface area is 124 Å². The van der Waals surface area contributed by atoms with Crippen molar-refractivity contribution in [2.45, 2.75) is 50.8 Å². The average Bonchev–Trinajstić information content (AvgIpc) is 2.38. The minimum absolute atomic E-state index is 0.149. The molecule has 1 heterocycles. The Balaban J connectivity index is 2.81. The van der Waals surface area contributed by atoms with Crippen LogP contribution in [0.5, 0.6) is 0 Å². The summed E-state index contributed by atoms with van der Waals surface area (Å²) in [5, 5.41) is 0.201. The highest BCUT2D eigenvalue weighted by molar-refractivity contribution is 7.80. The van der Waals surface area contributed by atoms with E-state index in [0.29, 0.717) is 18.9 Å². The Morgan fingerprint density at radius 1 is 1.26 bits per heavy atom. The predicted octanol–water partition coefficient (Wildman–Crippen LogP) is 3.72.